The predicted octanol–water partition coefficient (Wildman–Crippen LogP) is 8.72. The van der Waals surface area contributed by atoms with Crippen molar-refractivity contribution in [2.45, 2.75) is 46.3 Å². The Morgan fingerprint density at radius 1 is 0.712 bits per heavy atom. The maximum absolute atomic E-state index is 9.08. The molecular weight excluding hydrogens is 767 g/mol. The summed E-state index contributed by atoms with van der Waals surface area (Å²) in [4.78, 5) is 25.2. The summed E-state index contributed by atoms with van der Waals surface area (Å²) in [5.74, 6) is 5.43. The van der Waals surface area contributed by atoms with Crippen LogP contribution < -0.4 is 29.6 Å². The number of benzene rings is 3. The normalized spacial score (nSPS) is 12.2. The molecule has 0 aliphatic rings. The number of pyridine rings is 1. The number of para-hydroxylation sites is 1. The molecule has 3 N–H and O–H groups in total. The number of hydrogen-bond donors (Lipinski definition) is 3. The van der Waals surface area contributed by atoms with E-state index in [2.05, 4.69) is 90.9 Å². The summed E-state index contributed by atoms with van der Waals surface area (Å²) in [6.45, 7) is 8.53. The zero-order valence-electron chi connectivity index (χ0n) is 34.3. The van der Waals surface area contributed by atoms with Crippen molar-refractivity contribution in [1.29, 1.82) is 0 Å². The van der Waals surface area contributed by atoms with Gasteiger partial charge in [-0.15, -0.1) is 11.3 Å². The van der Waals surface area contributed by atoms with Crippen molar-refractivity contribution >= 4 is 55.7 Å². The standard InChI is InChI=1S/C22H25N5O3S.C22H22N4O2/c1-13(20-5-6-21(31-20)15-11-23-27(12-15)7-8-28)24-22-16-9-18(29-3)19(30-4)10-17(16)25-14(2)26-22;1-13(16-9-5-7-15-8-6-10-23-21(15)16)24-22-17-11-19(27-3)20(28-4)12-18(17)25-14(2)26-22/h5-6,9-13,28H,7-8H2,1-4H3,(H,24,25,26);5-13H,1-4H3,(H,24,25,26). The van der Waals surface area contributed by atoms with Gasteiger partial charge < -0.3 is 34.7 Å². The van der Waals surface area contributed by atoms with E-state index in [1.807, 2.05) is 62.8 Å². The predicted molar refractivity (Wildman–Crippen MR) is 233 cm³/mol. The van der Waals surface area contributed by atoms with Crippen molar-refractivity contribution in [2.75, 3.05) is 45.7 Å². The average molecular weight is 814 g/mol. The summed E-state index contributed by atoms with van der Waals surface area (Å²) in [7, 11) is 6.47. The Morgan fingerprint density at radius 3 is 1.88 bits per heavy atom. The number of aliphatic hydroxyl groups is 1. The highest BCUT2D eigenvalue weighted by Crippen LogP contribution is 2.38. The third-order valence-electron chi connectivity index (χ3n) is 9.76. The van der Waals surface area contributed by atoms with Gasteiger partial charge >= 0.3 is 0 Å². The summed E-state index contributed by atoms with van der Waals surface area (Å²) in [6, 6.07) is 22.0. The molecular formula is C44H47N9O5S. The number of nitrogens with one attached hydrogen (secondary N) is 2. The van der Waals surface area contributed by atoms with Gasteiger partial charge in [0.2, 0.25) is 0 Å². The molecule has 14 nitrogen and oxygen atoms in total. The van der Waals surface area contributed by atoms with Crippen LogP contribution in [0, 0.1) is 13.8 Å². The molecule has 8 aromatic rings. The summed E-state index contributed by atoms with van der Waals surface area (Å²) >= 11 is 1.70. The van der Waals surface area contributed by atoms with Crippen LogP contribution in [-0.4, -0.2) is 74.9 Å². The molecule has 3 aromatic carbocycles. The summed E-state index contributed by atoms with van der Waals surface area (Å²) in [5, 5.41) is 23.3. The van der Waals surface area contributed by atoms with Crippen molar-refractivity contribution in [3.05, 3.63) is 107 Å². The van der Waals surface area contributed by atoms with Gasteiger partial charge in [0.1, 0.15) is 23.3 Å². The number of methoxy groups -OCH3 is 4. The van der Waals surface area contributed by atoms with Crippen LogP contribution in [-0.2, 0) is 6.54 Å². The van der Waals surface area contributed by atoms with Gasteiger partial charge in [0, 0.05) is 61.6 Å². The molecule has 0 fully saturated rings. The number of aromatic nitrogens is 7. The van der Waals surface area contributed by atoms with E-state index in [1.54, 1.807) is 44.5 Å². The third kappa shape index (κ3) is 8.81. The number of rotatable bonds is 13. The second-order valence-corrected chi connectivity index (χ2v) is 14.9. The Hall–Kier alpha value is -6.58. The lowest BCUT2D eigenvalue weighted by Gasteiger charge is -2.19. The first-order valence-electron chi connectivity index (χ1n) is 19.0. The minimum atomic E-state index is 0.00389. The van der Waals surface area contributed by atoms with Gasteiger partial charge in [0.15, 0.2) is 23.0 Å². The molecule has 0 aliphatic heterocycles. The molecule has 15 heteroatoms. The first kappa shape index (κ1) is 40.6. The Morgan fingerprint density at radius 2 is 1.29 bits per heavy atom. The van der Waals surface area contributed by atoms with E-state index in [4.69, 9.17) is 24.1 Å². The second kappa shape index (κ2) is 17.9. The Labute approximate surface area is 346 Å². The van der Waals surface area contributed by atoms with E-state index in [-0.39, 0.29) is 18.7 Å². The van der Waals surface area contributed by atoms with Gasteiger partial charge in [-0.3, -0.25) is 9.67 Å². The van der Waals surface area contributed by atoms with Gasteiger partial charge in [0.25, 0.3) is 0 Å². The van der Waals surface area contributed by atoms with E-state index in [0.717, 1.165) is 60.3 Å². The summed E-state index contributed by atoms with van der Waals surface area (Å²) in [5.41, 5.74) is 4.73. The summed E-state index contributed by atoms with van der Waals surface area (Å²) in [6.07, 6.45) is 5.59. The molecule has 2 atom stereocenters. The van der Waals surface area contributed by atoms with Gasteiger partial charge in [-0.05, 0) is 58.0 Å². The smallest absolute Gasteiger partial charge is 0.162 e. The van der Waals surface area contributed by atoms with Crippen molar-refractivity contribution in [1.82, 2.24) is 34.7 Å². The number of anilines is 2. The molecule has 0 aliphatic carbocycles. The van der Waals surface area contributed by atoms with E-state index < -0.39 is 0 Å². The monoisotopic (exact) mass is 813 g/mol. The zero-order chi connectivity index (χ0) is 41.6. The number of aryl methyl sites for hydroxylation is 2. The fourth-order valence-electron chi connectivity index (χ4n) is 6.86. The van der Waals surface area contributed by atoms with Gasteiger partial charge in [-0.1, -0.05) is 24.3 Å². The first-order valence-corrected chi connectivity index (χ1v) is 19.8. The first-order chi connectivity index (χ1) is 28.6. The van der Waals surface area contributed by atoms with Crippen molar-refractivity contribution < 1.29 is 24.1 Å². The van der Waals surface area contributed by atoms with Crippen molar-refractivity contribution in [3.63, 3.8) is 0 Å². The number of thiophene rings is 1. The van der Waals surface area contributed by atoms with Crippen LogP contribution in [0.25, 0.3) is 43.1 Å². The van der Waals surface area contributed by atoms with Crippen LogP contribution in [0.5, 0.6) is 23.0 Å². The fourth-order valence-corrected chi connectivity index (χ4v) is 7.84. The molecule has 304 valence electrons. The molecule has 59 heavy (non-hydrogen) atoms. The topological polar surface area (TPSA) is 163 Å². The average Bonchev–Trinajstić information content (AvgIpc) is 3.93. The number of ether oxygens (including phenoxy) is 4. The zero-order valence-corrected chi connectivity index (χ0v) is 35.1. The molecule has 0 spiro atoms. The molecule has 2 unspecified atom stereocenters. The molecule has 0 amide bonds. The summed E-state index contributed by atoms with van der Waals surface area (Å²) < 4.78 is 23.5. The number of nitrogens with zero attached hydrogens (tertiary/aromatic N) is 7. The Kier molecular flexibility index (Phi) is 12.3. The van der Waals surface area contributed by atoms with Gasteiger partial charge in [0.05, 0.1) is 76.4 Å². The van der Waals surface area contributed by atoms with Crippen LogP contribution in [0.4, 0.5) is 11.6 Å². The third-order valence-corrected chi connectivity index (χ3v) is 11.1. The highest BCUT2D eigenvalue weighted by Gasteiger charge is 2.18. The van der Waals surface area contributed by atoms with Crippen LogP contribution in [0.3, 0.4) is 0 Å². The van der Waals surface area contributed by atoms with Crippen LogP contribution in [0.15, 0.2) is 85.3 Å². The molecule has 5 aromatic heterocycles. The minimum absolute atomic E-state index is 0.00389. The largest absolute Gasteiger partial charge is 0.493 e. The minimum Gasteiger partial charge on any atom is -0.493 e. The highest BCUT2D eigenvalue weighted by atomic mass is 32.1. The molecule has 0 saturated heterocycles. The molecule has 5 heterocycles. The van der Waals surface area contributed by atoms with Gasteiger partial charge in [-0.25, -0.2) is 19.9 Å². The fraction of sp³-hybridized carbons (Fsp3) is 0.273. The number of aliphatic hydroxyl groups excluding tert-OH is 1. The van der Waals surface area contributed by atoms with Gasteiger partial charge in [-0.2, -0.15) is 5.10 Å². The van der Waals surface area contributed by atoms with Crippen LogP contribution >= 0.6 is 11.3 Å². The molecule has 0 radical (unpaired) electrons. The van der Waals surface area contributed by atoms with E-state index >= 15 is 0 Å². The highest BCUT2D eigenvalue weighted by molar-refractivity contribution is 7.15. The maximum atomic E-state index is 9.08. The van der Waals surface area contributed by atoms with E-state index in [0.29, 0.717) is 41.2 Å². The lowest BCUT2D eigenvalue weighted by atomic mass is 10.0. The lowest BCUT2D eigenvalue weighted by Crippen LogP contribution is -2.10. The second-order valence-electron chi connectivity index (χ2n) is 13.8. The SMILES string of the molecule is COc1cc2nc(C)nc(NC(C)c3ccc(-c4cnn(CCO)c4)s3)c2cc1OC.COc1cc2nc(C)nc(NC(C)c3cccc4cccnc34)c2cc1OC. The quantitative estimate of drug-likeness (QED) is 0.101. The van der Waals surface area contributed by atoms with Crippen LogP contribution in [0.1, 0.15) is 48.0 Å². The van der Waals surface area contributed by atoms with Crippen molar-refractivity contribution in [3.8, 4) is 33.4 Å². The van der Waals surface area contributed by atoms with E-state index in [9.17, 15) is 0 Å². The number of fused-ring (bicyclic) bond motifs is 3. The number of hydrogen-bond acceptors (Lipinski definition) is 14. The molecule has 8 rings (SSSR count). The van der Waals surface area contributed by atoms with E-state index in [1.165, 1.54) is 4.88 Å². The Balaban J connectivity index is 0.000000180. The molecule has 0 saturated carbocycles. The Bertz CT molecular complexity index is 2730. The lowest BCUT2D eigenvalue weighted by molar-refractivity contribution is 0.269. The molecule has 0 bridgehead atoms. The van der Waals surface area contributed by atoms with Crippen molar-refractivity contribution in [2.24, 2.45) is 0 Å². The van der Waals surface area contributed by atoms with Crippen LogP contribution in [0.2, 0.25) is 0 Å². The maximum Gasteiger partial charge on any atom is 0.162 e.